The first-order valence-corrected chi connectivity index (χ1v) is 13.1. The van der Waals surface area contributed by atoms with E-state index in [9.17, 15) is 15.0 Å². The fraction of sp³-hybridized carbons (Fsp3) is 0.290. The molecule has 8 nitrogen and oxygen atoms in total. The minimum absolute atomic E-state index is 0.0157. The maximum absolute atomic E-state index is 12.7. The zero-order chi connectivity index (χ0) is 27.8. The molecule has 0 saturated heterocycles. The summed E-state index contributed by atoms with van der Waals surface area (Å²) in [5.74, 6) is 1.22. The third-order valence-corrected chi connectivity index (χ3v) is 6.60. The van der Waals surface area contributed by atoms with Gasteiger partial charge < -0.3 is 19.7 Å². The number of phenols is 2. The van der Waals surface area contributed by atoms with Gasteiger partial charge in [-0.15, -0.1) is 0 Å². The summed E-state index contributed by atoms with van der Waals surface area (Å²) in [4.78, 5) is 26.4. The number of aromatic hydroxyl groups is 2. The summed E-state index contributed by atoms with van der Waals surface area (Å²) in [5, 5.41) is 21.1. The lowest BCUT2D eigenvalue weighted by Crippen LogP contribution is -2.14. The van der Waals surface area contributed by atoms with Crippen molar-refractivity contribution in [2.45, 2.75) is 39.5 Å². The van der Waals surface area contributed by atoms with Gasteiger partial charge in [0.25, 0.3) is 0 Å². The highest BCUT2D eigenvalue weighted by molar-refractivity contribution is 5.90. The van der Waals surface area contributed by atoms with E-state index in [0.29, 0.717) is 46.4 Å². The van der Waals surface area contributed by atoms with Crippen LogP contribution in [0.5, 0.6) is 17.2 Å². The lowest BCUT2D eigenvalue weighted by Gasteiger charge is -2.14. The first-order chi connectivity index (χ1) is 18.9. The molecule has 1 heterocycles. The Morgan fingerprint density at radius 2 is 1.51 bits per heavy atom. The number of phenolic OH excluding ortho intramolecular Hbond substituents is 2. The van der Waals surface area contributed by atoms with E-state index >= 15 is 0 Å². The van der Waals surface area contributed by atoms with Crippen molar-refractivity contribution in [3.05, 3.63) is 72.3 Å². The molecule has 4 aromatic rings. The Hall–Kier alpha value is -4.46. The normalized spacial score (nSPS) is 11.7. The van der Waals surface area contributed by atoms with Crippen molar-refractivity contribution in [2.75, 3.05) is 13.7 Å². The molecule has 0 amide bonds. The molecule has 0 radical (unpaired) electrons. The van der Waals surface area contributed by atoms with Gasteiger partial charge in [0.05, 0.1) is 30.4 Å². The molecule has 0 saturated carbocycles. The number of benzene rings is 3. The molecular weight excluding hydrogens is 494 g/mol. The highest BCUT2D eigenvalue weighted by Crippen LogP contribution is 2.34. The van der Waals surface area contributed by atoms with E-state index in [0.717, 1.165) is 25.7 Å². The Balaban J connectivity index is 1.66. The molecule has 39 heavy (non-hydrogen) atoms. The minimum atomic E-state index is -0.370. The van der Waals surface area contributed by atoms with Crippen LogP contribution in [0.25, 0.3) is 34.2 Å². The van der Waals surface area contributed by atoms with E-state index in [2.05, 4.69) is 28.8 Å². The van der Waals surface area contributed by atoms with Crippen molar-refractivity contribution in [1.82, 2.24) is 15.0 Å². The highest BCUT2D eigenvalue weighted by Gasteiger charge is 2.18. The van der Waals surface area contributed by atoms with Gasteiger partial charge in [-0.1, -0.05) is 57.4 Å². The van der Waals surface area contributed by atoms with Gasteiger partial charge >= 0.3 is 5.97 Å². The molecule has 2 N–H and O–H groups in total. The zero-order valence-corrected chi connectivity index (χ0v) is 22.4. The van der Waals surface area contributed by atoms with Crippen LogP contribution in [-0.2, 0) is 4.74 Å². The Kier molecular flexibility index (Phi) is 9.10. The summed E-state index contributed by atoms with van der Waals surface area (Å²) < 4.78 is 10.8. The third kappa shape index (κ3) is 6.71. The Morgan fingerprint density at radius 3 is 2.13 bits per heavy atom. The van der Waals surface area contributed by atoms with Gasteiger partial charge in [-0.25, -0.2) is 19.7 Å². The SMILES string of the molecule is CCCCC(CC)COC(=O)c1ccc(-c2nc(-c3ccccc3O)nc(-c3ccc(OC)cc3O)n2)cc1. The molecule has 0 aliphatic carbocycles. The second-order valence-electron chi connectivity index (χ2n) is 9.30. The van der Waals surface area contributed by atoms with E-state index < -0.39 is 0 Å². The van der Waals surface area contributed by atoms with E-state index in [4.69, 9.17) is 9.47 Å². The number of carbonyl (C=O) groups excluding carboxylic acids is 1. The van der Waals surface area contributed by atoms with Crippen LogP contribution in [0.1, 0.15) is 49.9 Å². The summed E-state index contributed by atoms with van der Waals surface area (Å²) in [6.45, 7) is 4.67. The largest absolute Gasteiger partial charge is 0.507 e. The molecule has 8 heteroatoms. The van der Waals surface area contributed by atoms with Crippen LogP contribution >= 0.6 is 0 Å². The van der Waals surface area contributed by atoms with Crippen molar-refractivity contribution in [3.63, 3.8) is 0 Å². The van der Waals surface area contributed by atoms with Gasteiger partial charge in [0.2, 0.25) is 0 Å². The monoisotopic (exact) mass is 527 g/mol. The molecule has 3 aromatic carbocycles. The molecular formula is C31H33N3O5. The van der Waals surface area contributed by atoms with Gasteiger partial charge in [-0.3, -0.25) is 0 Å². The van der Waals surface area contributed by atoms with Crippen LogP contribution in [0.2, 0.25) is 0 Å². The van der Waals surface area contributed by atoms with Crippen molar-refractivity contribution in [3.8, 4) is 51.4 Å². The topological polar surface area (TPSA) is 115 Å². The number of unbranched alkanes of at least 4 members (excludes halogenated alkanes) is 1. The molecule has 4 rings (SSSR count). The Morgan fingerprint density at radius 1 is 0.846 bits per heavy atom. The smallest absolute Gasteiger partial charge is 0.338 e. The third-order valence-electron chi connectivity index (χ3n) is 6.60. The van der Waals surface area contributed by atoms with Crippen LogP contribution < -0.4 is 4.74 Å². The maximum Gasteiger partial charge on any atom is 0.338 e. The number of methoxy groups -OCH3 is 1. The lowest BCUT2D eigenvalue weighted by molar-refractivity contribution is 0.0428. The second kappa shape index (κ2) is 12.9. The number of hydrogen-bond acceptors (Lipinski definition) is 8. The number of rotatable bonds is 11. The van der Waals surface area contributed by atoms with Gasteiger partial charge in [0.15, 0.2) is 17.5 Å². The number of carbonyl (C=O) groups is 1. The average molecular weight is 528 g/mol. The van der Waals surface area contributed by atoms with E-state index in [1.807, 2.05) is 0 Å². The van der Waals surface area contributed by atoms with Crippen molar-refractivity contribution in [2.24, 2.45) is 5.92 Å². The van der Waals surface area contributed by atoms with Crippen LogP contribution in [0.4, 0.5) is 0 Å². The summed E-state index contributed by atoms with van der Waals surface area (Å²) in [7, 11) is 1.51. The molecule has 1 unspecified atom stereocenters. The fourth-order valence-corrected chi connectivity index (χ4v) is 4.17. The number of para-hydroxylation sites is 1. The summed E-state index contributed by atoms with van der Waals surface area (Å²) in [6.07, 6.45) is 4.26. The Bertz CT molecular complexity index is 1420. The molecule has 0 spiro atoms. The van der Waals surface area contributed by atoms with E-state index in [1.165, 1.54) is 13.2 Å². The molecule has 1 aromatic heterocycles. The average Bonchev–Trinajstić information content (AvgIpc) is 2.97. The second-order valence-corrected chi connectivity index (χ2v) is 9.30. The Labute approximate surface area is 228 Å². The van der Waals surface area contributed by atoms with Crippen LogP contribution in [0, 0.1) is 5.92 Å². The highest BCUT2D eigenvalue weighted by atomic mass is 16.5. The summed E-state index contributed by atoms with van der Waals surface area (Å²) >= 11 is 0. The standard InChI is InChI=1S/C31H33N3O5/c1-4-6-9-20(5-2)19-39-31(37)22-14-12-21(13-15-22)28-32-29(24-10-7-8-11-26(24)35)34-30(33-28)25-17-16-23(38-3)18-27(25)36/h7-8,10-18,20,35-36H,4-6,9,19H2,1-3H3. The first-order valence-electron chi connectivity index (χ1n) is 13.1. The van der Waals surface area contributed by atoms with Gasteiger partial charge in [-0.2, -0.15) is 0 Å². The number of esters is 1. The molecule has 1 atom stereocenters. The van der Waals surface area contributed by atoms with Crippen molar-refractivity contribution in [1.29, 1.82) is 0 Å². The molecule has 0 bridgehead atoms. The van der Waals surface area contributed by atoms with Crippen molar-refractivity contribution < 1.29 is 24.5 Å². The van der Waals surface area contributed by atoms with Crippen LogP contribution in [0.15, 0.2) is 66.7 Å². The molecule has 0 fully saturated rings. The number of nitrogens with zero attached hydrogens (tertiary/aromatic N) is 3. The predicted octanol–water partition coefficient (Wildman–Crippen LogP) is 6.67. The quantitative estimate of drug-likeness (QED) is 0.208. The fourth-order valence-electron chi connectivity index (χ4n) is 4.17. The van der Waals surface area contributed by atoms with Crippen molar-refractivity contribution >= 4 is 5.97 Å². The zero-order valence-electron chi connectivity index (χ0n) is 22.4. The molecule has 0 aliphatic heterocycles. The molecule has 0 aliphatic rings. The number of aromatic nitrogens is 3. The van der Waals surface area contributed by atoms with E-state index in [1.54, 1.807) is 60.7 Å². The minimum Gasteiger partial charge on any atom is -0.507 e. The molecule has 202 valence electrons. The predicted molar refractivity (Wildman–Crippen MR) is 150 cm³/mol. The first kappa shape index (κ1) is 27.6. The van der Waals surface area contributed by atoms with Crippen LogP contribution in [-0.4, -0.2) is 44.9 Å². The number of ether oxygens (including phenoxy) is 2. The van der Waals surface area contributed by atoms with E-state index in [-0.39, 0.29) is 29.1 Å². The van der Waals surface area contributed by atoms with Gasteiger partial charge in [0, 0.05) is 11.6 Å². The van der Waals surface area contributed by atoms with Crippen LogP contribution in [0.3, 0.4) is 0 Å². The number of hydrogen-bond donors (Lipinski definition) is 2. The lowest BCUT2D eigenvalue weighted by atomic mass is 10.0. The maximum atomic E-state index is 12.7. The van der Waals surface area contributed by atoms with Gasteiger partial charge in [-0.05, 0) is 48.7 Å². The summed E-state index contributed by atoms with van der Waals surface area (Å²) in [6, 6.07) is 18.4. The van der Waals surface area contributed by atoms with Gasteiger partial charge in [0.1, 0.15) is 17.2 Å². The summed E-state index contributed by atoms with van der Waals surface area (Å²) in [5.41, 5.74) is 1.87.